The molecule has 2 aromatic rings. The Morgan fingerprint density at radius 2 is 1.76 bits per heavy atom. The molecule has 0 saturated carbocycles. The van der Waals surface area contributed by atoms with Crippen LogP contribution in [0.25, 0.3) is 11.1 Å². The Balaban J connectivity index is 1.62. The highest BCUT2D eigenvalue weighted by Crippen LogP contribution is 2.40. The summed E-state index contributed by atoms with van der Waals surface area (Å²) in [4.78, 5) is 20.0. The Hall–Kier alpha value is -2.34. The molecular formula is C23H32N4O2. The van der Waals surface area contributed by atoms with E-state index in [9.17, 15) is 4.79 Å². The molecule has 2 aliphatic heterocycles. The molecule has 1 aromatic heterocycles. The molecule has 4 rings (SSSR count). The molecule has 156 valence electrons. The van der Waals surface area contributed by atoms with Crippen molar-refractivity contribution in [2.45, 2.75) is 45.4 Å². The van der Waals surface area contributed by atoms with Crippen molar-refractivity contribution in [3.63, 3.8) is 0 Å². The number of nitrogen functional groups attached to an aromatic ring is 1. The third-order valence-corrected chi connectivity index (χ3v) is 6.63. The van der Waals surface area contributed by atoms with Gasteiger partial charge in [0.05, 0.1) is 12.2 Å². The van der Waals surface area contributed by atoms with Crippen LogP contribution in [-0.4, -0.2) is 35.9 Å². The fourth-order valence-electron chi connectivity index (χ4n) is 4.52. The predicted octanol–water partition coefficient (Wildman–Crippen LogP) is 3.33. The molecule has 29 heavy (non-hydrogen) atoms. The van der Waals surface area contributed by atoms with Crippen LogP contribution >= 0.6 is 0 Å². The van der Waals surface area contributed by atoms with Crippen molar-refractivity contribution < 1.29 is 4.74 Å². The van der Waals surface area contributed by atoms with Gasteiger partial charge in [-0.2, -0.15) is 4.98 Å². The van der Waals surface area contributed by atoms with Crippen LogP contribution in [0.1, 0.15) is 45.6 Å². The topological polar surface area (TPSA) is 73.4 Å². The quantitative estimate of drug-likeness (QED) is 0.843. The van der Waals surface area contributed by atoms with Crippen LogP contribution in [0.15, 0.2) is 29.1 Å². The van der Waals surface area contributed by atoms with E-state index >= 15 is 0 Å². The monoisotopic (exact) mass is 396 g/mol. The van der Waals surface area contributed by atoms with E-state index < -0.39 is 0 Å². The van der Waals surface area contributed by atoms with Crippen molar-refractivity contribution in [3.8, 4) is 11.1 Å². The molecule has 0 unspecified atom stereocenters. The maximum absolute atomic E-state index is 13.2. The summed E-state index contributed by atoms with van der Waals surface area (Å²) in [7, 11) is 1.79. The highest BCUT2D eigenvalue weighted by Gasteiger charge is 2.38. The molecule has 2 saturated heterocycles. The maximum Gasteiger partial charge on any atom is 0.264 e. The van der Waals surface area contributed by atoms with Crippen LogP contribution in [-0.2, 0) is 17.2 Å². The molecule has 0 amide bonds. The SMILES string of the molecule is Cn1c(N2CCC3(CCOC3)CC2)nc(N)c(-c2ccc(C(C)(C)C)cc2)c1=O. The van der Waals surface area contributed by atoms with Crippen molar-refractivity contribution in [2.24, 2.45) is 12.5 Å². The largest absolute Gasteiger partial charge is 0.383 e. The lowest BCUT2D eigenvalue weighted by Crippen LogP contribution is -2.43. The minimum Gasteiger partial charge on any atom is -0.383 e. The lowest BCUT2D eigenvalue weighted by molar-refractivity contribution is 0.133. The van der Waals surface area contributed by atoms with E-state index in [2.05, 4.69) is 42.8 Å². The molecule has 2 fully saturated rings. The molecule has 6 heteroatoms. The van der Waals surface area contributed by atoms with Gasteiger partial charge in [0, 0.05) is 26.7 Å². The van der Waals surface area contributed by atoms with Gasteiger partial charge in [0.25, 0.3) is 5.56 Å². The van der Waals surface area contributed by atoms with Gasteiger partial charge in [0.15, 0.2) is 0 Å². The Bertz CT molecular complexity index is 941. The number of hydrogen-bond acceptors (Lipinski definition) is 5. The average Bonchev–Trinajstić information content (AvgIpc) is 3.13. The number of piperidine rings is 1. The fourth-order valence-corrected chi connectivity index (χ4v) is 4.52. The molecule has 6 nitrogen and oxygen atoms in total. The van der Waals surface area contributed by atoms with Crippen LogP contribution in [0.4, 0.5) is 11.8 Å². The summed E-state index contributed by atoms with van der Waals surface area (Å²) in [5, 5.41) is 0. The second-order valence-electron chi connectivity index (χ2n) is 9.65. The number of benzene rings is 1. The average molecular weight is 397 g/mol. The third kappa shape index (κ3) is 3.66. The Labute approximate surface area is 172 Å². The van der Waals surface area contributed by atoms with Gasteiger partial charge >= 0.3 is 0 Å². The van der Waals surface area contributed by atoms with E-state index in [0.29, 0.717) is 22.7 Å². The normalized spacial score (nSPS) is 19.1. The number of ether oxygens (including phenoxy) is 1. The Morgan fingerprint density at radius 3 is 2.31 bits per heavy atom. The standard InChI is InChI=1S/C23H32N4O2/c1-22(2,3)17-7-5-16(6-8-17)18-19(24)25-21(26(4)20(18)28)27-12-9-23(10-13-27)11-14-29-15-23/h5-8H,9-15,24H2,1-4H3. The van der Waals surface area contributed by atoms with Gasteiger partial charge in [-0.3, -0.25) is 9.36 Å². The van der Waals surface area contributed by atoms with E-state index in [1.165, 1.54) is 5.56 Å². The van der Waals surface area contributed by atoms with Crippen molar-refractivity contribution in [3.05, 3.63) is 40.2 Å². The second-order valence-corrected chi connectivity index (χ2v) is 9.65. The number of nitrogens with two attached hydrogens (primary N) is 1. The predicted molar refractivity (Wildman–Crippen MR) is 117 cm³/mol. The van der Waals surface area contributed by atoms with Gasteiger partial charge in [0.2, 0.25) is 5.95 Å². The van der Waals surface area contributed by atoms with Crippen LogP contribution in [0.2, 0.25) is 0 Å². The van der Waals surface area contributed by atoms with Crippen LogP contribution in [0.3, 0.4) is 0 Å². The van der Waals surface area contributed by atoms with Gasteiger partial charge in [-0.05, 0) is 41.2 Å². The third-order valence-electron chi connectivity index (χ3n) is 6.63. The molecule has 2 aliphatic rings. The molecule has 0 bridgehead atoms. The maximum atomic E-state index is 13.2. The van der Waals surface area contributed by atoms with E-state index in [0.717, 1.165) is 51.1 Å². The van der Waals surface area contributed by atoms with E-state index in [4.69, 9.17) is 10.5 Å². The smallest absolute Gasteiger partial charge is 0.264 e. The highest BCUT2D eigenvalue weighted by molar-refractivity contribution is 5.74. The van der Waals surface area contributed by atoms with Gasteiger partial charge in [-0.1, -0.05) is 45.0 Å². The number of rotatable bonds is 2. The zero-order chi connectivity index (χ0) is 20.8. The summed E-state index contributed by atoms with van der Waals surface area (Å²) in [6.07, 6.45) is 3.27. The number of nitrogens with zero attached hydrogens (tertiary/aromatic N) is 3. The minimum atomic E-state index is -0.0968. The first kappa shape index (κ1) is 20.0. The molecule has 2 N–H and O–H groups in total. The van der Waals surface area contributed by atoms with Gasteiger partial charge in [0.1, 0.15) is 5.82 Å². The minimum absolute atomic E-state index is 0.0626. The van der Waals surface area contributed by atoms with Crippen molar-refractivity contribution in [1.29, 1.82) is 0 Å². The van der Waals surface area contributed by atoms with Crippen LogP contribution in [0, 0.1) is 5.41 Å². The van der Waals surface area contributed by atoms with Crippen LogP contribution < -0.4 is 16.2 Å². The summed E-state index contributed by atoms with van der Waals surface area (Å²) < 4.78 is 7.27. The van der Waals surface area contributed by atoms with Crippen molar-refractivity contribution in [1.82, 2.24) is 9.55 Å². The van der Waals surface area contributed by atoms with Crippen molar-refractivity contribution in [2.75, 3.05) is 36.9 Å². The first-order valence-corrected chi connectivity index (χ1v) is 10.5. The highest BCUT2D eigenvalue weighted by atomic mass is 16.5. The summed E-state index contributed by atoms with van der Waals surface area (Å²) >= 11 is 0. The molecular weight excluding hydrogens is 364 g/mol. The van der Waals surface area contributed by atoms with E-state index in [1.807, 2.05) is 12.1 Å². The Morgan fingerprint density at radius 1 is 1.10 bits per heavy atom. The number of hydrogen-bond donors (Lipinski definition) is 1. The fraction of sp³-hybridized carbons (Fsp3) is 0.565. The lowest BCUT2D eigenvalue weighted by Gasteiger charge is -2.39. The summed E-state index contributed by atoms with van der Waals surface area (Å²) in [6, 6.07) is 8.07. The first-order chi connectivity index (χ1) is 13.7. The van der Waals surface area contributed by atoms with Crippen LogP contribution in [0.5, 0.6) is 0 Å². The number of aromatic nitrogens is 2. The zero-order valence-corrected chi connectivity index (χ0v) is 18.0. The van der Waals surface area contributed by atoms with Gasteiger partial charge in [-0.25, -0.2) is 0 Å². The number of anilines is 2. The van der Waals surface area contributed by atoms with Crippen molar-refractivity contribution >= 4 is 11.8 Å². The molecule has 0 atom stereocenters. The summed E-state index contributed by atoms with van der Waals surface area (Å²) in [6.45, 7) is 10.0. The van der Waals surface area contributed by atoms with Gasteiger partial charge in [-0.15, -0.1) is 0 Å². The first-order valence-electron chi connectivity index (χ1n) is 10.5. The summed E-state index contributed by atoms with van der Waals surface area (Å²) in [5.74, 6) is 0.965. The molecule has 3 heterocycles. The molecule has 0 aliphatic carbocycles. The van der Waals surface area contributed by atoms with E-state index in [-0.39, 0.29) is 11.0 Å². The van der Waals surface area contributed by atoms with Gasteiger partial charge < -0.3 is 15.4 Å². The molecule has 0 radical (unpaired) electrons. The zero-order valence-electron chi connectivity index (χ0n) is 18.0. The van der Waals surface area contributed by atoms with E-state index in [1.54, 1.807) is 11.6 Å². The molecule has 1 spiro atoms. The summed E-state index contributed by atoms with van der Waals surface area (Å²) in [5.41, 5.74) is 9.10. The lowest BCUT2D eigenvalue weighted by atomic mass is 9.78. The molecule has 1 aromatic carbocycles. The second kappa shape index (κ2) is 7.17. The Kier molecular flexibility index (Phi) is 4.93.